The second-order valence-corrected chi connectivity index (χ2v) is 3.50. The van der Waals surface area contributed by atoms with Crippen LogP contribution in [-0.2, 0) is 0 Å². The smallest absolute Gasteiger partial charge is 0.287 e. The van der Waals surface area contributed by atoms with Gasteiger partial charge in [0.1, 0.15) is 11.6 Å². The van der Waals surface area contributed by atoms with E-state index in [1.165, 1.54) is 0 Å². The summed E-state index contributed by atoms with van der Waals surface area (Å²) in [5.74, 6) is -20.5. The number of alkyl halides is 7. The summed E-state index contributed by atoms with van der Waals surface area (Å²) in [6.07, 6.45) is -6.78. The molecule has 0 fully saturated rings. The Morgan fingerprint density at radius 3 is 1.65 bits per heavy atom. The van der Waals surface area contributed by atoms with Crippen LogP contribution in [0.4, 0.5) is 39.5 Å². The summed E-state index contributed by atoms with van der Waals surface area (Å²) in [6, 6.07) is 1.96. The van der Waals surface area contributed by atoms with Gasteiger partial charge in [-0.05, 0) is 18.2 Å². The fourth-order valence-corrected chi connectivity index (χ4v) is 1.14. The van der Waals surface area contributed by atoms with E-state index in [0.717, 1.165) is 0 Å². The first kappa shape index (κ1) is 16.3. The molecule has 111 valence electrons. The molecule has 0 saturated heterocycles. The highest BCUT2D eigenvalue weighted by atomic mass is 19.4. The maximum absolute atomic E-state index is 13.0. The molecule has 0 aliphatic rings. The highest BCUT2D eigenvalue weighted by molar-refractivity contribution is 6.02. The number of hydrogen-bond acceptors (Lipinski definition) is 1. The quantitative estimate of drug-likeness (QED) is 0.613. The van der Waals surface area contributed by atoms with Crippen LogP contribution in [0.3, 0.4) is 0 Å². The van der Waals surface area contributed by atoms with Crippen molar-refractivity contribution in [2.24, 2.45) is 0 Å². The molecule has 0 heterocycles. The molecule has 1 radical (unpaired) electrons. The van der Waals surface area contributed by atoms with E-state index in [1.54, 1.807) is 6.07 Å². The lowest BCUT2D eigenvalue weighted by Crippen LogP contribution is -2.56. The lowest BCUT2D eigenvalue weighted by atomic mass is 9.99. The fourth-order valence-electron chi connectivity index (χ4n) is 1.14. The zero-order chi connectivity index (χ0) is 15.9. The molecule has 0 aromatic heterocycles. The third kappa shape index (κ3) is 2.34. The van der Waals surface area contributed by atoms with E-state index in [1.807, 2.05) is 0 Å². The van der Waals surface area contributed by atoms with Gasteiger partial charge in [0.05, 0.1) is 5.56 Å². The molecule has 0 unspecified atom stereocenters. The van der Waals surface area contributed by atoms with Gasteiger partial charge in [-0.15, -0.1) is 0 Å². The van der Waals surface area contributed by atoms with Crippen LogP contribution in [-0.4, -0.2) is 23.8 Å². The van der Waals surface area contributed by atoms with Gasteiger partial charge in [0.15, 0.2) is 0 Å². The number of ketones is 1. The van der Waals surface area contributed by atoms with Crippen LogP contribution >= 0.6 is 0 Å². The third-order valence-corrected chi connectivity index (χ3v) is 2.16. The average Bonchev–Trinajstić information content (AvgIpc) is 2.26. The minimum Gasteiger partial charge on any atom is -0.287 e. The van der Waals surface area contributed by atoms with Crippen molar-refractivity contribution in [2.45, 2.75) is 18.0 Å². The summed E-state index contributed by atoms with van der Waals surface area (Å²) in [4.78, 5) is 11.0. The molecule has 0 N–H and O–H groups in total. The van der Waals surface area contributed by atoms with Crippen LogP contribution in [0.25, 0.3) is 0 Å². The molecule has 20 heavy (non-hydrogen) atoms. The predicted molar refractivity (Wildman–Crippen MR) is 45.5 cm³/mol. The molecular formula is C10H2F9O. The molecule has 0 bridgehead atoms. The molecule has 0 aliphatic heterocycles. The molecule has 0 amide bonds. The monoisotopic (exact) mass is 309 g/mol. The molecule has 0 atom stereocenters. The van der Waals surface area contributed by atoms with Crippen molar-refractivity contribution in [1.82, 2.24) is 0 Å². The van der Waals surface area contributed by atoms with Crippen LogP contribution in [0.1, 0.15) is 10.4 Å². The highest BCUT2D eigenvalue weighted by Gasteiger charge is 2.76. The largest absolute Gasteiger partial charge is 0.460 e. The van der Waals surface area contributed by atoms with Crippen molar-refractivity contribution >= 4 is 5.78 Å². The zero-order valence-corrected chi connectivity index (χ0v) is 8.96. The minimum atomic E-state index is -6.78. The van der Waals surface area contributed by atoms with Crippen molar-refractivity contribution in [3.63, 3.8) is 0 Å². The van der Waals surface area contributed by atoms with Crippen LogP contribution < -0.4 is 0 Å². The Kier molecular flexibility index (Phi) is 3.81. The molecule has 10 heteroatoms. The normalized spacial score (nSPS) is 13.4. The fraction of sp³-hybridized carbons (Fsp3) is 0.300. The second-order valence-electron chi connectivity index (χ2n) is 3.50. The van der Waals surface area contributed by atoms with Gasteiger partial charge in [0.2, 0.25) is 5.78 Å². The summed E-state index contributed by atoms with van der Waals surface area (Å²) in [5.41, 5.74) is -2.20. The molecule has 1 aromatic carbocycles. The Bertz CT molecular complexity index is 512. The van der Waals surface area contributed by atoms with Gasteiger partial charge in [-0.2, -0.15) is 30.7 Å². The molecule has 0 spiro atoms. The van der Waals surface area contributed by atoms with Crippen LogP contribution in [0.15, 0.2) is 12.1 Å². The van der Waals surface area contributed by atoms with Gasteiger partial charge >= 0.3 is 18.0 Å². The van der Waals surface area contributed by atoms with Crippen LogP contribution in [0.2, 0.25) is 0 Å². The van der Waals surface area contributed by atoms with Crippen molar-refractivity contribution in [3.05, 3.63) is 35.4 Å². The summed E-state index contributed by atoms with van der Waals surface area (Å²) < 4.78 is 112. The standard InChI is InChI=1S/C10H2F9O/c11-4-2-1-3-5(12)6(4)7(20)8(13,14)9(15,16)10(17,18)19/h2-3H. The number of carbonyl (C=O) groups is 1. The predicted octanol–water partition coefficient (Wildman–Crippen LogP) is 3.78. The highest BCUT2D eigenvalue weighted by Crippen LogP contribution is 2.48. The molecular weight excluding hydrogens is 307 g/mol. The SMILES string of the molecule is O=C(c1c(F)c[c]cc1F)C(F)(F)C(F)(F)C(F)(F)F. The summed E-state index contributed by atoms with van der Waals surface area (Å²) >= 11 is 0. The van der Waals surface area contributed by atoms with Gasteiger partial charge < -0.3 is 0 Å². The number of carbonyl (C=O) groups excluding carboxylic acids is 1. The number of halogens is 9. The van der Waals surface area contributed by atoms with E-state index in [2.05, 4.69) is 0 Å². The van der Waals surface area contributed by atoms with E-state index in [9.17, 15) is 44.3 Å². The van der Waals surface area contributed by atoms with E-state index in [0.29, 0.717) is 0 Å². The first-order chi connectivity index (χ1) is 8.84. The van der Waals surface area contributed by atoms with Gasteiger partial charge in [-0.25, -0.2) is 8.78 Å². The Labute approximate surface area is 105 Å². The van der Waals surface area contributed by atoms with E-state index in [4.69, 9.17) is 0 Å². The Hall–Kier alpha value is -1.74. The van der Waals surface area contributed by atoms with E-state index >= 15 is 0 Å². The van der Waals surface area contributed by atoms with Crippen molar-refractivity contribution in [3.8, 4) is 0 Å². The van der Waals surface area contributed by atoms with E-state index < -0.39 is 41.0 Å². The summed E-state index contributed by atoms with van der Waals surface area (Å²) in [7, 11) is 0. The van der Waals surface area contributed by atoms with Crippen LogP contribution in [0.5, 0.6) is 0 Å². The number of hydrogen-bond donors (Lipinski definition) is 0. The maximum atomic E-state index is 13.0. The Morgan fingerprint density at radius 1 is 0.900 bits per heavy atom. The molecule has 1 aromatic rings. The van der Waals surface area contributed by atoms with Gasteiger partial charge in [-0.3, -0.25) is 4.79 Å². The Balaban J connectivity index is 3.40. The summed E-state index contributed by atoms with van der Waals surface area (Å²) in [6.45, 7) is 0. The second kappa shape index (κ2) is 4.67. The lowest BCUT2D eigenvalue weighted by Gasteiger charge is -2.27. The number of rotatable bonds is 3. The molecule has 0 saturated carbocycles. The topological polar surface area (TPSA) is 17.1 Å². The summed E-state index contributed by atoms with van der Waals surface area (Å²) in [5, 5.41) is 0. The Morgan fingerprint density at radius 2 is 1.30 bits per heavy atom. The van der Waals surface area contributed by atoms with Gasteiger partial charge in [0.25, 0.3) is 0 Å². The first-order valence-electron chi connectivity index (χ1n) is 4.56. The molecule has 1 rings (SSSR count). The average molecular weight is 309 g/mol. The lowest BCUT2D eigenvalue weighted by molar-refractivity contribution is -0.339. The number of Topliss-reactive ketones (excluding diaryl/α,β-unsaturated/α-hetero) is 1. The zero-order valence-electron chi connectivity index (χ0n) is 8.96. The van der Waals surface area contributed by atoms with Gasteiger partial charge in [0, 0.05) is 0 Å². The molecule has 1 nitrogen and oxygen atoms in total. The minimum absolute atomic E-state index is 0.137. The van der Waals surface area contributed by atoms with Crippen molar-refractivity contribution < 1.29 is 44.3 Å². The third-order valence-electron chi connectivity index (χ3n) is 2.16. The number of benzene rings is 1. The van der Waals surface area contributed by atoms with E-state index in [-0.39, 0.29) is 12.1 Å². The van der Waals surface area contributed by atoms with Gasteiger partial charge in [-0.1, -0.05) is 0 Å². The molecule has 0 aliphatic carbocycles. The van der Waals surface area contributed by atoms with Crippen molar-refractivity contribution in [1.29, 1.82) is 0 Å². The van der Waals surface area contributed by atoms with Crippen LogP contribution in [0, 0.1) is 17.7 Å². The first-order valence-corrected chi connectivity index (χ1v) is 4.56. The maximum Gasteiger partial charge on any atom is 0.460 e. The van der Waals surface area contributed by atoms with Crippen molar-refractivity contribution in [2.75, 3.05) is 0 Å².